The third kappa shape index (κ3) is 4.59. The van der Waals surface area contributed by atoms with Crippen LogP contribution >= 0.6 is 0 Å². The largest absolute Gasteiger partial charge is 0.466 e. The van der Waals surface area contributed by atoms with Crippen LogP contribution in [0.4, 0.5) is 5.69 Å². The summed E-state index contributed by atoms with van der Waals surface area (Å²) in [5, 5.41) is 11.6. The van der Waals surface area contributed by atoms with E-state index in [1.54, 1.807) is 48.6 Å². The molecule has 2 aromatic carbocycles. The van der Waals surface area contributed by atoms with Crippen molar-refractivity contribution in [1.29, 1.82) is 0 Å². The molecule has 0 aliphatic rings. The molecule has 3 aromatic rings. The average Bonchev–Trinajstić information content (AvgIpc) is 3.15. The highest BCUT2D eigenvalue weighted by atomic mass is 16.7. The number of rotatable bonds is 8. The highest BCUT2D eigenvalue weighted by Gasteiger charge is 2.28. The summed E-state index contributed by atoms with van der Waals surface area (Å²) >= 11 is 0. The van der Waals surface area contributed by atoms with Gasteiger partial charge in [0, 0.05) is 24.3 Å². The second-order valence-corrected chi connectivity index (χ2v) is 6.16. The maximum Gasteiger partial charge on any atom is 0.284 e. The van der Waals surface area contributed by atoms with Gasteiger partial charge in [-0.05, 0) is 37.3 Å². The van der Waals surface area contributed by atoms with Crippen LogP contribution in [0.2, 0.25) is 0 Å². The molecular weight excluding hydrogens is 374 g/mol. The molecule has 7 nitrogen and oxygen atoms in total. The van der Waals surface area contributed by atoms with Crippen molar-refractivity contribution in [2.24, 2.45) is 0 Å². The first kappa shape index (κ1) is 20.0. The molecule has 0 radical (unpaired) electrons. The summed E-state index contributed by atoms with van der Waals surface area (Å²) in [6.07, 6.45) is 3.37. The zero-order valence-electron chi connectivity index (χ0n) is 16.0. The molecule has 0 bridgehead atoms. The number of nitrogens with zero attached hydrogens (tertiary/aromatic N) is 1. The van der Waals surface area contributed by atoms with Crippen LogP contribution in [0.3, 0.4) is 0 Å². The lowest BCUT2D eigenvalue weighted by Crippen LogP contribution is -2.11. The minimum Gasteiger partial charge on any atom is -0.466 e. The fraction of sp³-hybridized carbons (Fsp3) is 0.136. The SMILES string of the molecule is COCOc1c(/C=C/c2ccc(C)o2)ccc([N+](=O)[O-])c1C(=O)c1ccccc1. The third-order valence-corrected chi connectivity index (χ3v) is 4.14. The van der Waals surface area contributed by atoms with Gasteiger partial charge < -0.3 is 13.9 Å². The van der Waals surface area contributed by atoms with E-state index in [2.05, 4.69) is 0 Å². The highest BCUT2D eigenvalue weighted by molar-refractivity contribution is 6.14. The second kappa shape index (κ2) is 8.99. The Balaban J connectivity index is 2.15. The number of benzene rings is 2. The molecule has 0 N–H and O–H groups in total. The Bertz CT molecular complexity index is 1050. The van der Waals surface area contributed by atoms with Gasteiger partial charge in [0.1, 0.15) is 22.8 Å². The fourth-order valence-corrected chi connectivity index (χ4v) is 2.81. The lowest BCUT2D eigenvalue weighted by Gasteiger charge is -2.13. The molecule has 0 atom stereocenters. The molecule has 0 saturated heterocycles. The summed E-state index contributed by atoms with van der Waals surface area (Å²) in [5.74, 6) is 0.931. The van der Waals surface area contributed by atoms with E-state index in [-0.39, 0.29) is 23.8 Å². The van der Waals surface area contributed by atoms with Gasteiger partial charge in [-0.25, -0.2) is 0 Å². The minimum absolute atomic E-state index is 0.0782. The van der Waals surface area contributed by atoms with Gasteiger partial charge in [-0.15, -0.1) is 0 Å². The van der Waals surface area contributed by atoms with Gasteiger partial charge >= 0.3 is 0 Å². The maximum absolute atomic E-state index is 13.1. The number of carbonyl (C=O) groups excluding carboxylic acids is 1. The Morgan fingerprint density at radius 1 is 1.10 bits per heavy atom. The molecule has 0 fully saturated rings. The predicted molar refractivity (Wildman–Crippen MR) is 108 cm³/mol. The Kier molecular flexibility index (Phi) is 6.21. The number of methoxy groups -OCH3 is 1. The lowest BCUT2D eigenvalue weighted by molar-refractivity contribution is -0.385. The van der Waals surface area contributed by atoms with E-state index in [4.69, 9.17) is 13.9 Å². The molecule has 148 valence electrons. The van der Waals surface area contributed by atoms with Gasteiger partial charge in [0.2, 0.25) is 5.78 Å². The normalized spacial score (nSPS) is 11.0. The van der Waals surface area contributed by atoms with Gasteiger partial charge in [-0.2, -0.15) is 0 Å². The summed E-state index contributed by atoms with van der Waals surface area (Å²) in [7, 11) is 1.43. The summed E-state index contributed by atoms with van der Waals surface area (Å²) in [4.78, 5) is 24.1. The van der Waals surface area contributed by atoms with E-state index >= 15 is 0 Å². The van der Waals surface area contributed by atoms with E-state index in [0.29, 0.717) is 16.9 Å². The first-order valence-corrected chi connectivity index (χ1v) is 8.78. The zero-order chi connectivity index (χ0) is 20.8. The predicted octanol–water partition coefficient (Wildman–Crippen LogP) is 4.88. The van der Waals surface area contributed by atoms with Crippen LogP contribution in [0, 0.1) is 17.0 Å². The van der Waals surface area contributed by atoms with E-state index in [1.807, 2.05) is 13.0 Å². The molecule has 0 spiro atoms. The molecule has 29 heavy (non-hydrogen) atoms. The summed E-state index contributed by atoms with van der Waals surface area (Å²) in [5.41, 5.74) is 0.341. The molecule has 1 heterocycles. The molecule has 0 amide bonds. The molecule has 0 unspecified atom stereocenters. The van der Waals surface area contributed by atoms with E-state index in [9.17, 15) is 14.9 Å². The molecule has 0 aliphatic heterocycles. The molecular formula is C22H19NO6. The van der Waals surface area contributed by atoms with E-state index in [0.717, 1.165) is 5.76 Å². The van der Waals surface area contributed by atoms with Gasteiger partial charge in [-0.1, -0.05) is 30.3 Å². The minimum atomic E-state index is -0.598. The number of ether oxygens (including phenoxy) is 2. The molecule has 0 aliphatic carbocycles. The van der Waals surface area contributed by atoms with Crippen LogP contribution in [-0.2, 0) is 4.74 Å². The zero-order valence-corrected chi connectivity index (χ0v) is 16.0. The highest BCUT2D eigenvalue weighted by Crippen LogP contribution is 2.35. The van der Waals surface area contributed by atoms with Crippen LogP contribution in [0.5, 0.6) is 5.75 Å². The van der Waals surface area contributed by atoms with Crippen molar-refractivity contribution in [3.8, 4) is 5.75 Å². The molecule has 3 rings (SSSR count). The van der Waals surface area contributed by atoms with Gasteiger partial charge in [-0.3, -0.25) is 14.9 Å². The van der Waals surface area contributed by atoms with Crippen LogP contribution in [0.1, 0.15) is 33.0 Å². The average molecular weight is 393 g/mol. The monoisotopic (exact) mass is 393 g/mol. The quantitative estimate of drug-likeness (QED) is 0.234. The van der Waals surface area contributed by atoms with Gasteiger partial charge in [0.15, 0.2) is 6.79 Å². The third-order valence-electron chi connectivity index (χ3n) is 4.14. The summed E-state index contributed by atoms with van der Waals surface area (Å²) in [6.45, 7) is 1.66. The molecule has 0 saturated carbocycles. The summed E-state index contributed by atoms with van der Waals surface area (Å²) in [6, 6.07) is 14.8. The van der Waals surface area contributed by atoms with Crippen molar-refractivity contribution in [2.45, 2.75) is 6.92 Å². The summed E-state index contributed by atoms with van der Waals surface area (Å²) < 4.78 is 16.1. The van der Waals surface area contributed by atoms with Crippen LogP contribution < -0.4 is 4.74 Å². The van der Waals surface area contributed by atoms with E-state index < -0.39 is 10.7 Å². The number of hydrogen-bond acceptors (Lipinski definition) is 6. The Hall–Kier alpha value is -3.71. The van der Waals surface area contributed by atoms with Crippen LogP contribution in [0.15, 0.2) is 59.0 Å². The Morgan fingerprint density at radius 3 is 2.48 bits per heavy atom. The maximum atomic E-state index is 13.1. The van der Waals surface area contributed by atoms with Crippen molar-refractivity contribution < 1.29 is 23.6 Å². The molecule has 7 heteroatoms. The Morgan fingerprint density at radius 2 is 1.86 bits per heavy atom. The van der Waals surface area contributed by atoms with Gasteiger partial charge in [0.05, 0.1) is 4.92 Å². The van der Waals surface area contributed by atoms with E-state index in [1.165, 1.54) is 19.2 Å². The number of hydrogen-bond donors (Lipinski definition) is 0. The Labute approximate surface area is 167 Å². The number of nitro benzene ring substituents is 1. The first-order chi connectivity index (χ1) is 14.0. The number of carbonyl (C=O) groups is 1. The number of furan rings is 1. The van der Waals surface area contributed by atoms with Crippen LogP contribution in [-0.4, -0.2) is 24.6 Å². The molecule has 1 aromatic heterocycles. The smallest absolute Gasteiger partial charge is 0.284 e. The first-order valence-electron chi connectivity index (χ1n) is 8.78. The standard InChI is InChI=1S/C22H19NO6/c1-15-8-11-18(29-15)12-9-17-10-13-19(23(25)26)20(22(17)28-14-27-2)21(24)16-6-4-3-5-7-16/h3-13H,14H2,1-2H3/b12-9+. The fourth-order valence-electron chi connectivity index (χ4n) is 2.81. The lowest BCUT2D eigenvalue weighted by atomic mass is 9.97. The van der Waals surface area contributed by atoms with Gasteiger partial charge in [0.25, 0.3) is 5.69 Å². The van der Waals surface area contributed by atoms with Crippen molar-refractivity contribution in [3.05, 3.63) is 92.9 Å². The second-order valence-electron chi connectivity index (χ2n) is 6.16. The van der Waals surface area contributed by atoms with Crippen molar-refractivity contribution in [2.75, 3.05) is 13.9 Å². The van der Waals surface area contributed by atoms with Crippen molar-refractivity contribution in [1.82, 2.24) is 0 Å². The van der Waals surface area contributed by atoms with Crippen LogP contribution in [0.25, 0.3) is 12.2 Å². The van der Waals surface area contributed by atoms with Crippen molar-refractivity contribution in [3.63, 3.8) is 0 Å². The van der Waals surface area contributed by atoms with Crippen molar-refractivity contribution >= 4 is 23.6 Å². The number of nitro groups is 1. The topological polar surface area (TPSA) is 91.8 Å². The number of ketones is 1. The number of aryl methyl sites for hydroxylation is 1.